The molecule has 3 N–H and O–H groups in total. The average Bonchev–Trinajstić information content (AvgIpc) is 2.13. The summed E-state index contributed by atoms with van der Waals surface area (Å²) in [5.41, 5.74) is 6.44. The van der Waals surface area contributed by atoms with Gasteiger partial charge in [0.15, 0.2) is 0 Å². The van der Waals surface area contributed by atoms with Crippen molar-refractivity contribution in [3.8, 4) is 0 Å². The molecule has 1 atom stereocenters. The van der Waals surface area contributed by atoms with Gasteiger partial charge in [-0.15, -0.1) is 0 Å². The number of halogens is 2. The third kappa shape index (κ3) is 2.44. The molecule has 0 amide bonds. The molecular formula is C10H13ClFNO. The highest BCUT2D eigenvalue weighted by Gasteiger charge is 2.11. The number of nitrogens with two attached hydrogens (primary N) is 1. The van der Waals surface area contributed by atoms with Crippen LogP contribution in [0.2, 0.25) is 5.02 Å². The molecule has 1 aromatic carbocycles. The summed E-state index contributed by atoms with van der Waals surface area (Å²) in [5, 5.41) is 9.68. The van der Waals surface area contributed by atoms with Gasteiger partial charge < -0.3 is 10.8 Å². The topological polar surface area (TPSA) is 46.2 Å². The van der Waals surface area contributed by atoms with Gasteiger partial charge in [0.25, 0.3) is 0 Å². The zero-order valence-corrected chi connectivity index (χ0v) is 8.68. The molecule has 14 heavy (non-hydrogen) atoms. The van der Waals surface area contributed by atoms with Crippen LogP contribution in [0.3, 0.4) is 0 Å². The number of benzene rings is 1. The molecule has 0 aromatic heterocycles. The van der Waals surface area contributed by atoms with Gasteiger partial charge in [0.1, 0.15) is 5.82 Å². The van der Waals surface area contributed by atoms with E-state index in [9.17, 15) is 9.50 Å². The lowest BCUT2D eigenvalue weighted by molar-refractivity contribution is 0.170. The maximum atomic E-state index is 13.2. The fourth-order valence-corrected chi connectivity index (χ4v) is 1.38. The highest BCUT2D eigenvalue weighted by atomic mass is 35.5. The number of aliphatic hydroxyl groups excluding tert-OH is 1. The summed E-state index contributed by atoms with van der Waals surface area (Å²) >= 11 is 5.65. The number of hydrogen-bond donors (Lipinski definition) is 2. The van der Waals surface area contributed by atoms with Gasteiger partial charge in [-0.2, -0.15) is 0 Å². The van der Waals surface area contributed by atoms with E-state index in [1.165, 1.54) is 6.07 Å². The highest BCUT2D eigenvalue weighted by Crippen LogP contribution is 2.25. The minimum atomic E-state index is -0.717. The van der Waals surface area contributed by atoms with E-state index in [1.54, 1.807) is 13.0 Å². The first-order valence-electron chi connectivity index (χ1n) is 4.40. The van der Waals surface area contributed by atoms with Gasteiger partial charge >= 0.3 is 0 Å². The molecule has 2 nitrogen and oxygen atoms in total. The van der Waals surface area contributed by atoms with Crippen molar-refractivity contribution in [3.63, 3.8) is 0 Å². The Balaban J connectivity index is 3.00. The van der Waals surface area contributed by atoms with Crippen molar-refractivity contribution >= 4 is 11.6 Å². The fraction of sp³-hybridized carbons (Fsp3) is 0.400. The predicted molar refractivity (Wildman–Crippen MR) is 54.8 cm³/mol. The molecule has 0 saturated carbocycles. The summed E-state index contributed by atoms with van der Waals surface area (Å²) in [7, 11) is 0. The summed E-state index contributed by atoms with van der Waals surface area (Å²) in [4.78, 5) is 0. The Morgan fingerprint density at radius 1 is 1.57 bits per heavy atom. The van der Waals surface area contributed by atoms with Crippen LogP contribution in [0.5, 0.6) is 0 Å². The van der Waals surface area contributed by atoms with E-state index in [2.05, 4.69) is 0 Å². The molecule has 0 radical (unpaired) electrons. The second kappa shape index (κ2) is 4.73. The summed E-state index contributed by atoms with van der Waals surface area (Å²) in [5.74, 6) is -0.502. The quantitative estimate of drug-likeness (QED) is 0.815. The van der Waals surface area contributed by atoms with Crippen molar-refractivity contribution < 1.29 is 9.50 Å². The molecule has 4 heteroatoms. The Morgan fingerprint density at radius 3 is 2.71 bits per heavy atom. The van der Waals surface area contributed by atoms with Gasteiger partial charge in [0.2, 0.25) is 0 Å². The number of hydrogen-bond acceptors (Lipinski definition) is 2. The fourth-order valence-electron chi connectivity index (χ4n) is 1.27. The smallest absolute Gasteiger partial charge is 0.142 e. The van der Waals surface area contributed by atoms with Crippen LogP contribution in [0, 0.1) is 12.7 Å². The monoisotopic (exact) mass is 217 g/mol. The SMILES string of the molecule is Cc1cc([C@@H](O)CCN)cc(F)c1Cl. The maximum Gasteiger partial charge on any atom is 0.142 e. The molecule has 0 saturated heterocycles. The van der Waals surface area contributed by atoms with Gasteiger partial charge in [-0.3, -0.25) is 0 Å². The maximum absolute atomic E-state index is 13.2. The number of aryl methyl sites for hydroxylation is 1. The lowest BCUT2D eigenvalue weighted by Crippen LogP contribution is -2.07. The first kappa shape index (κ1) is 11.4. The normalized spacial score (nSPS) is 12.9. The van der Waals surface area contributed by atoms with Gasteiger partial charge in [-0.25, -0.2) is 4.39 Å². The molecule has 1 aromatic rings. The highest BCUT2D eigenvalue weighted by molar-refractivity contribution is 6.31. The van der Waals surface area contributed by atoms with Gasteiger partial charge in [0.05, 0.1) is 11.1 Å². The van der Waals surface area contributed by atoms with Crippen molar-refractivity contribution in [2.75, 3.05) is 6.54 Å². The van der Waals surface area contributed by atoms with Crippen molar-refractivity contribution in [1.82, 2.24) is 0 Å². The number of rotatable bonds is 3. The summed E-state index contributed by atoms with van der Waals surface area (Å²) in [6.45, 7) is 2.06. The van der Waals surface area contributed by atoms with Crippen molar-refractivity contribution in [2.24, 2.45) is 5.73 Å². The number of aliphatic hydroxyl groups is 1. The predicted octanol–water partition coefficient (Wildman–Crippen LogP) is 2.17. The average molecular weight is 218 g/mol. The Morgan fingerprint density at radius 2 is 2.21 bits per heavy atom. The largest absolute Gasteiger partial charge is 0.388 e. The molecular weight excluding hydrogens is 205 g/mol. The van der Waals surface area contributed by atoms with Crippen LogP contribution >= 0.6 is 11.6 Å². The van der Waals surface area contributed by atoms with Crippen LogP contribution in [0.4, 0.5) is 4.39 Å². The van der Waals surface area contributed by atoms with Gasteiger partial charge in [0, 0.05) is 0 Å². The minimum absolute atomic E-state index is 0.105. The lowest BCUT2D eigenvalue weighted by atomic mass is 10.0. The van der Waals surface area contributed by atoms with Gasteiger partial charge in [-0.1, -0.05) is 17.7 Å². The summed E-state index contributed by atoms with van der Waals surface area (Å²) in [6, 6.07) is 2.92. The molecule has 0 spiro atoms. The first-order chi connectivity index (χ1) is 6.56. The third-order valence-electron chi connectivity index (χ3n) is 2.06. The molecule has 0 fully saturated rings. The molecule has 0 unspecified atom stereocenters. The third-order valence-corrected chi connectivity index (χ3v) is 2.54. The zero-order valence-electron chi connectivity index (χ0n) is 7.93. The van der Waals surface area contributed by atoms with E-state index in [0.717, 1.165) is 0 Å². The van der Waals surface area contributed by atoms with E-state index in [0.29, 0.717) is 24.1 Å². The van der Waals surface area contributed by atoms with Crippen molar-refractivity contribution in [2.45, 2.75) is 19.4 Å². The molecule has 0 heterocycles. The van der Waals surface area contributed by atoms with E-state index in [4.69, 9.17) is 17.3 Å². The Labute approximate surface area is 87.5 Å². The molecule has 0 aliphatic heterocycles. The van der Waals surface area contributed by atoms with Crippen molar-refractivity contribution in [3.05, 3.63) is 34.1 Å². The lowest BCUT2D eigenvalue weighted by Gasteiger charge is -2.11. The van der Waals surface area contributed by atoms with E-state index >= 15 is 0 Å². The Bertz CT molecular complexity index is 307. The molecule has 1 rings (SSSR count). The van der Waals surface area contributed by atoms with Crippen LogP contribution in [-0.2, 0) is 0 Å². The molecule has 0 bridgehead atoms. The summed E-state index contributed by atoms with van der Waals surface area (Å²) < 4.78 is 13.2. The van der Waals surface area contributed by atoms with Crippen LogP contribution in [0.25, 0.3) is 0 Å². The van der Waals surface area contributed by atoms with Crippen LogP contribution < -0.4 is 5.73 Å². The standard InChI is InChI=1S/C10H13ClFNO/c1-6-4-7(9(14)2-3-13)5-8(12)10(6)11/h4-5,9,14H,2-3,13H2,1H3/t9-/m0/s1. The second-order valence-corrected chi connectivity index (χ2v) is 3.60. The molecule has 0 aliphatic rings. The van der Waals surface area contributed by atoms with Crippen LogP contribution in [0.1, 0.15) is 23.7 Å². The first-order valence-corrected chi connectivity index (χ1v) is 4.77. The van der Waals surface area contributed by atoms with E-state index < -0.39 is 11.9 Å². The van der Waals surface area contributed by atoms with Crippen LogP contribution in [-0.4, -0.2) is 11.7 Å². The Hall–Kier alpha value is -0.640. The van der Waals surface area contributed by atoms with Crippen LogP contribution in [0.15, 0.2) is 12.1 Å². The zero-order chi connectivity index (χ0) is 10.7. The van der Waals surface area contributed by atoms with E-state index in [-0.39, 0.29) is 5.02 Å². The molecule has 78 valence electrons. The minimum Gasteiger partial charge on any atom is -0.388 e. The van der Waals surface area contributed by atoms with Crippen molar-refractivity contribution in [1.29, 1.82) is 0 Å². The summed E-state index contributed by atoms with van der Waals surface area (Å²) in [6.07, 6.45) is -0.300. The van der Waals surface area contributed by atoms with E-state index in [1.807, 2.05) is 0 Å². The Kier molecular flexibility index (Phi) is 3.86. The molecule has 0 aliphatic carbocycles. The van der Waals surface area contributed by atoms with Gasteiger partial charge in [-0.05, 0) is 37.1 Å². The second-order valence-electron chi connectivity index (χ2n) is 3.23.